The van der Waals surface area contributed by atoms with Crippen LogP contribution < -0.4 is 9.64 Å². The first-order chi connectivity index (χ1) is 9.43. The van der Waals surface area contributed by atoms with E-state index in [0.717, 1.165) is 12.0 Å². The molecule has 2 N–H and O–H groups in total. The van der Waals surface area contributed by atoms with Crippen molar-refractivity contribution in [2.45, 2.75) is 20.3 Å². The summed E-state index contributed by atoms with van der Waals surface area (Å²) in [6, 6.07) is 5.26. The van der Waals surface area contributed by atoms with Gasteiger partial charge in [0.1, 0.15) is 18.8 Å². The van der Waals surface area contributed by atoms with Crippen molar-refractivity contribution in [2.24, 2.45) is 0 Å². The molecule has 0 amide bonds. The molecule has 1 radical (unpaired) electrons. The summed E-state index contributed by atoms with van der Waals surface area (Å²) in [5, 5.41) is 17.8. The van der Waals surface area contributed by atoms with Gasteiger partial charge in [-0.15, -0.1) is 0 Å². The van der Waals surface area contributed by atoms with Crippen LogP contribution in [0, 0.1) is 6.92 Å². The standard InChI is InChI=1S/C14H19NO5.Y/c1-3-6-20-12-7-10(2)4-5-11(12)15(8-13(16)17)9-14(18)19;/h4-5,7H,3,6,8-9H2,1-2H3,(H,16,17)(H,18,19);. The molecular weight excluding hydrogens is 351 g/mol. The summed E-state index contributed by atoms with van der Waals surface area (Å²) < 4.78 is 5.58. The normalized spacial score (nSPS) is 9.62. The molecule has 0 heterocycles. The molecule has 1 aromatic carbocycles. The number of hydrogen-bond acceptors (Lipinski definition) is 4. The van der Waals surface area contributed by atoms with Crippen molar-refractivity contribution >= 4 is 17.6 Å². The van der Waals surface area contributed by atoms with Crippen molar-refractivity contribution in [1.29, 1.82) is 0 Å². The first-order valence-corrected chi connectivity index (χ1v) is 6.36. The Morgan fingerprint density at radius 3 is 2.24 bits per heavy atom. The fraction of sp³-hybridized carbons (Fsp3) is 0.429. The van der Waals surface area contributed by atoms with Crippen LogP contribution in [-0.4, -0.2) is 41.8 Å². The zero-order valence-electron chi connectivity index (χ0n) is 12.2. The van der Waals surface area contributed by atoms with Crippen LogP contribution in [0.4, 0.5) is 5.69 Å². The number of aliphatic carboxylic acids is 2. The minimum Gasteiger partial charge on any atom is -0.491 e. The number of ether oxygens (including phenoxy) is 1. The third kappa shape index (κ3) is 6.91. The zero-order valence-corrected chi connectivity index (χ0v) is 15.0. The van der Waals surface area contributed by atoms with Crippen LogP contribution in [0.1, 0.15) is 18.9 Å². The van der Waals surface area contributed by atoms with Crippen LogP contribution >= 0.6 is 0 Å². The second kappa shape index (κ2) is 9.74. The summed E-state index contributed by atoms with van der Waals surface area (Å²) in [6.45, 7) is 3.56. The van der Waals surface area contributed by atoms with Gasteiger partial charge in [-0.2, -0.15) is 0 Å². The second-order valence-electron chi connectivity index (χ2n) is 4.46. The van der Waals surface area contributed by atoms with E-state index in [2.05, 4.69) is 0 Å². The van der Waals surface area contributed by atoms with E-state index in [9.17, 15) is 9.59 Å². The van der Waals surface area contributed by atoms with Gasteiger partial charge in [-0.3, -0.25) is 9.59 Å². The van der Waals surface area contributed by atoms with Crippen LogP contribution in [0.25, 0.3) is 0 Å². The predicted molar refractivity (Wildman–Crippen MR) is 74.4 cm³/mol. The Hall–Kier alpha value is -1.14. The summed E-state index contributed by atoms with van der Waals surface area (Å²) in [6.07, 6.45) is 0.811. The summed E-state index contributed by atoms with van der Waals surface area (Å²) in [5.41, 5.74) is 1.44. The van der Waals surface area contributed by atoms with Crippen molar-refractivity contribution in [1.82, 2.24) is 0 Å². The number of carboxylic acid groups (broad SMARTS) is 2. The molecule has 1 rings (SSSR count). The van der Waals surface area contributed by atoms with E-state index < -0.39 is 25.0 Å². The van der Waals surface area contributed by atoms with Crippen LogP contribution in [-0.2, 0) is 42.3 Å². The molecule has 0 aliphatic carbocycles. The fourth-order valence-electron chi connectivity index (χ4n) is 1.76. The SMILES string of the molecule is CCCOc1cc(C)ccc1N(CC(=O)O)CC(=O)O.[Y]. The maximum absolute atomic E-state index is 10.9. The maximum atomic E-state index is 10.9. The Morgan fingerprint density at radius 2 is 1.76 bits per heavy atom. The Morgan fingerprint density at radius 1 is 1.19 bits per heavy atom. The van der Waals surface area contributed by atoms with Crippen LogP contribution in [0.15, 0.2) is 18.2 Å². The van der Waals surface area contributed by atoms with E-state index in [-0.39, 0.29) is 32.7 Å². The van der Waals surface area contributed by atoms with E-state index in [1.807, 2.05) is 13.8 Å². The molecule has 0 aliphatic rings. The molecule has 21 heavy (non-hydrogen) atoms. The molecule has 0 fully saturated rings. The largest absolute Gasteiger partial charge is 0.491 e. The Labute approximate surface area is 149 Å². The predicted octanol–water partition coefficient (Wildman–Crippen LogP) is 1.76. The Kier molecular flexibility index (Phi) is 9.21. The van der Waals surface area contributed by atoms with Gasteiger partial charge in [0.15, 0.2) is 0 Å². The molecule has 113 valence electrons. The summed E-state index contributed by atoms with van der Waals surface area (Å²) in [5.74, 6) is -1.67. The van der Waals surface area contributed by atoms with E-state index in [1.54, 1.807) is 18.2 Å². The van der Waals surface area contributed by atoms with Crippen molar-refractivity contribution in [3.05, 3.63) is 23.8 Å². The first kappa shape index (κ1) is 19.9. The number of anilines is 1. The summed E-state index contributed by atoms with van der Waals surface area (Å²) >= 11 is 0. The monoisotopic (exact) mass is 370 g/mol. The third-order valence-corrected chi connectivity index (χ3v) is 2.57. The van der Waals surface area contributed by atoms with Gasteiger partial charge in [-0.05, 0) is 31.0 Å². The average molecular weight is 370 g/mol. The van der Waals surface area contributed by atoms with E-state index >= 15 is 0 Å². The number of rotatable bonds is 8. The Balaban J connectivity index is 0.00000400. The van der Waals surface area contributed by atoms with Crippen LogP contribution in [0.5, 0.6) is 5.75 Å². The molecule has 0 aliphatic heterocycles. The minimum atomic E-state index is -1.09. The molecule has 0 unspecified atom stereocenters. The third-order valence-electron chi connectivity index (χ3n) is 2.57. The quantitative estimate of drug-likeness (QED) is 0.725. The number of nitrogens with zero attached hydrogens (tertiary/aromatic N) is 1. The van der Waals surface area contributed by atoms with Gasteiger partial charge in [0.2, 0.25) is 0 Å². The molecule has 0 aromatic heterocycles. The van der Waals surface area contributed by atoms with Gasteiger partial charge < -0.3 is 19.8 Å². The molecule has 7 heteroatoms. The van der Waals surface area contributed by atoms with E-state index in [4.69, 9.17) is 14.9 Å². The first-order valence-electron chi connectivity index (χ1n) is 6.36. The van der Waals surface area contributed by atoms with Gasteiger partial charge >= 0.3 is 11.9 Å². The molecule has 0 saturated heterocycles. The molecule has 1 aromatic rings. The van der Waals surface area contributed by atoms with Gasteiger partial charge in [0, 0.05) is 32.7 Å². The number of benzene rings is 1. The van der Waals surface area contributed by atoms with Crippen molar-refractivity contribution < 1.29 is 57.2 Å². The van der Waals surface area contributed by atoms with Crippen molar-refractivity contribution in [2.75, 3.05) is 24.6 Å². The van der Waals surface area contributed by atoms with Crippen molar-refractivity contribution in [3.63, 3.8) is 0 Å². The maximum Gasteiger partial charge on any atom is 0.323 e. The van der Waals surface area contributed by atoms with Gasteiger partial charge in [0.25, 0.3) is 0 Å². The average Bonchev–Trinajstić information content (AvgIpc) is 2.34. The van der Waals surface area contributed by atoms with Gasteiger partial charge in [0.05, 0.1) is 12.3 Å². The zero-order chi connectivity index (χ0) is 15.1. The minimum absolute atomic E-state index is 0. The van der Waals surface area contributed by atoms with Crippen LogP contribution in [0.2, 0.25) is 0 Å². The molecule has 0 bridgehead atoms. The molecule has 0 spiro atoms. The molecular formula is C14H19NO5Y. The topological polar surface area (TPSA) is 87.1 Å². The number of carbonyl (C=O) groups is 2. The fourth-order valence-corrected chi connectivity index (χ4v) is 1.76. The summed E-state index contributed by atoms with van der Waals surface area (Å²) in [7, 11) is 0. The Bertz CT molecular complexity index is 476. The van der Waals surface area contributed by atoms with Gasteiger partial charge in [-0.25, -0.2) is 0 Å². The molecule has 0 atom stereocenters. The van der Waals surface area contributed by atoms with Gasteiger partial charge in [-0.1, -0.05) is 13.0 Å². The molecule has 0 saturated carbocycles. The molecule has 6 nitrogen and oxygen atoms in total. The smallest absolute Gasteiger partial charge is 0.323 e. The van der Waals surface area contributed by atoms with Crippen LogP contribution in [0.3, 0.4) is 0 Å². The summed E-state index contributed by atoms with van der Waals surface area (Å²) in [4.78, 5) is 23.0. The second-order valence-corrected chi connectivity index (χ2v) is 4.46. The van der Waals surface area contributed by atoms with E-state index in [1.165, 1.54) is 4.90 Å². The number of hydrogen-bond donors (Lipinski definition) is 2. The van der Waals surface area contributed by atoms with E-state index in [0.29, 0.717) is 18.0 Å². The number of carboxylic acids is 2. The van der Waals surface area contributed by atoms with Crippen molar-refractivity contribution in [3.8, 4) is 5.75 Å². The number of aryl methyl sites for hydroxylation is 1.